The van der Waals surface area contributed by atoms with Crippen LogP contribution in [0.4, 0.5) is 11.7 Å². The van der Waals surface area contributed by atoms with Crippen LogP contribution in [0.25, 0.3) is 22.5 Å². The van der Waals surface area contributed by atoms with Gasteiger partial charge in [0.2, 0.25) is 5.82 Å². The monoisotopic (exact) mass is 549 g/mol. The van der Waals surface area contributed by atoms with Crippen molar-refractivity contribution in [3.05, 3.63) is 76.9 Å². The second kappa shape index (κ2) is 9.73. The molecule has 7 rings (SSSR count). The Morgan fingerprint density at radius 3 is 2.44 bits per heavy atom. The first-order valence-electron chi connectivity index (χ1n) is 14.3. The number of ether oxygens (including phenoxy) is 1. The minimum Gasteiger partial charge on any atom is -0.492 e. The first-order chi connectivity index (χ1) is 19.8. The largest absolute Gasteiger partial charge is 0.492 e. The smallest absolute Gasteiger partial charge is 0.323 e. The Bertz CT molecular complexity index is 1630. The number of carbonyl (C=O) groups is 1. The van der Waals surface area contributed by atoms with Crippen LogP contribution in [-0.4, -0.2) is 68.3 Å². The normalized spacial score (nSPS) is 17.4. The van der Waals surface area contributed by atoms with E-state index < -0.39 is 0 Å². The molecule has 0 aliphatic carbocycles. The number of hydrogen-bond donors (Lipinski definition) is 0. The molecule has 0 radical (unpaired) electrons. The summed E-state index contributed by atoms with van der Waals surface area (Å²) in [4.78, 5) is 24.3. The molecule has 3 aliphatic rings. The molecule has 210 valence electrons. The summed E-state index contributed by atoms with van der Waals surface area (Å²) in [6.45, 7) is 5.67. The van der Waals surface area contributed by atoms with Crippen LogP contribution in [0.2, 0.25) is 0 Å². The van der Waals surface area contributed by atoms with Gasteiger partial charge in [-0.15, -0.1) is 0 Å². The highest BCUT2D eigenvalue weighted by atomic mass is 16.5. The van der Waals surface area contributed by atoms with Crippen LogP contribution in [0, 0.1) is 6.92 Å². The molecule has 0 bridgehead atoms. The van der Waals surface area contributed by atoms with Gasteiger partial charge in [0.25, 0.3) is 5.91 Å². The topological polar surface area (TPSA) is 74.9 Å². The fraction of sp³-hybridized carbons (Fsp3) is 0.364. The van der Waals surface area contributed by atoms with Gasteiger partial charge < -0.3 is 24.0 Å². The van der Waals surface area contributed by atoms with Gasteiger partial charge in [0.1, 0.15) is 5.75 Å². The van der Waals surface area contributed by atoms with Crippen molar-refractivity contribution in [1.29, 1.82) is 0 Å². The highest BCUT2D eigenvalue weighted by Crippen LogP contribution is 2.49. The van der Waals surface area contributed by atoms with Gasteiger partial charge in [0.15, 0.2) is 0 Å². The molecule has 1 spiro atoms. The van der Waals surface area contributed by atoms with Crippen molar-refractivity contribution >= 4 is 17.6 Å². The van der Waals surface area contributed by atoms with Gasteiger partial charge in [-0.2, -0.15) is 4.98 Å². The Morgan fingerprint density at radius 2 is 1.73 bits per heavy atom. The van der Waals surface area contributed by atoms with Crippen LogP contribution in [-0.2, 0) is 11.8 Å². The number of rotatable bonds is 4. The molecule has 41 heavy (non-hydrogen) atoms. The van der Waals surface area contributed by atoms with E-state index in [0.717, 1.165) is 72.6 Å². The summed E-state index contributed by atoms with van der Waals surface area (Å²) in [7, 11) is 5.93. The summed E-state index contributed by atoms with van der Waals surface area (Å²) in [5.74, 6) is 1.63. The van der Waals surface area contributed by atoms with Crippen molar-refractivity contribution < 1.29 is 14.1 Å². The zero-order valence-corrected chi connectivity index (χ0v) is 24.1. The third-order valence-electron chi connectivity index (χ3n) is 9.07. The molecule has 4 aromatic rings. The van der Waals surface area contributed by atoms with Crippen molar-refractivity contribution in [3.63, 3.8) is 0 Å². The standard InChI is InChI=1S/C33H35N5O3/c1-21-17-25(30-34-32(36(2)3)41-35-30)9-10-26(21)22-5-7-23(8-6-22)31(39)38-14-11-24-18-29-27(19-28(24)38)33(20-40-29)12-15-37(4)16-13-33/h5-10,17-19H,11-16,20H2,1-4H3. The van der Waals surface area contributed by atoms with E-state index in [-0.39, 0.29) is 11.3 Å². The highest BCUT2D eigenvalue weighted by molar-refractivity contribution is 6.07. The maximum atomic E-state index is 13.7. The van der Waals surface area contributed by atoms with Crippen molar-refractivity contribution in [3.8, 4) is 28.3 Å². The number of aryl methyl sites for hydroxylation is 1. The van der Waals surface area contributed by atoms with E-state index in [9.17, 15) is 4.79 Å². The average Bonchev–Trinajstić information content (AvgIpc) is 3.72. The third kappa shape index (κ3) is 4.37. The predicted molar refractivity (Wildman–Crippen MR) is 160 cm³/mol. The molecule has 8 heteroatoms. The minimum atomic E-state index is 0.0486. The Labute approximate surface area is 240 Å². The van der Waals surface area contributed by atoms with E-state index in [0.29, 0.717) is 23.9 Å². The van der Waals surface area contributed by atoms with Gasteiger partial charge in [-0.25, -0.2) is 0 Å². The summed E-state index contributed by atoms with van der Waals surface area (Å²) in [5.41, 5.74) is 8.49. The highest BCUT2D eigenvalue weighted by Gasteiger charge is 2.44. The van der Waals surface area contributed by atoms with Crippen LogP contribution in [0.5, 0.6) is 5.75 Å². The number of likely N-dealkylation sites (tertiary alicyclic amines) is 1. The summed E-state index contributed by atoms with van der Waals surface area (Å²) < 4.78 is 11.5. The van der Waals surface area contributed by atoms with E-state index in [1.807, 2.05) is 49.3 Å². The van der Waals surface area contributed by atoms with Crippen LogP contribution in [0.1, 0.15) is 39.9 Å². The fourth-order valence-electron chi connectivity index (χ4n) is 6.50. The summed E-state index contributed by atoms with van der Waals surface area (Å²) in [5, 5.41) is 4.10. The third-order valence-corrected chi connectivity index (χ3v) is 9.07. The zero-order chi connectivity index (χ0) is 28.3. The molecule has 3 aliphatic heterocycles. The van der Waals surface area contributed by atoms with E-state index in [2.05, 4.69) is 53.3 Å². The maximum absolute atomic E-state index is 13.7. The quantitative estimate of drug-likeness (QED) is 0.340. The lowest BCUT2D eigenvalue weighted by atomic mass is 9.74. The van der Waals surface area contributed by atoms with Gasteiger partial charge in [0, 0.05) is 48.4 Å². The summed E-state index contributed by atoms with van der Waals surface area (Å²) >= 11 is 0. The second-order valence-electron chi connectivity index (χ2n) is 12.0. The molecule has 1 aromatic heterocycles. The van der Waals surface area contributed by atoms with Crippen molar-refractivity contribution in [2.75, 3.05) is 57.2 Å². The Hall–Kier alpha value is -4.17. The number of fused-ring (bicyclic) bond motifs is 3. The number of nitrogens with zero attached hydrogens (tertiary/aromatic N) is 5. The molecule has 0 unspecified atom stereocenters. The van der Waals surface area contributed by atoms with Gasteiger partial charge in [-0.05, 0) is 98.9 Å². The Balaban J connectivity index is 1.12. The minimum absolute atomic E-state index is 0.0486. The van der Waals surface area contributed by atoms with E-state index in [1.54, 1.807) is 4.90 Å². The lowest BCUT2D eigenvalue weighted by Crippen LogP contribution is -2.42. The Kier molecular flexibility index (Phi) is 6.12. The summed E-state index contributed by atoms with van der Waals surface area (Å²) in [6, 6.07) is 19.0. The molecule has 0 N–H and O–H groups in total. The average molecular weight is 550 g/mol. The van der Waals surface area contributed by atoms with Gasteiger partial charge in [-0.3, -0.25) is 4.79 Å². The molecule has 1 fully saturated rings. The lowest BCUT2D eigenvalue weighted by Gasteiger charge is -2.37. The van der Waals surface area contributed by atoms with E-state index >= 15 is 0 Å². The molecule has 3 aromatic carbocycles. The number of anilines is 2. The molecule has 1 saturated heterocycles. The van der Waals surface area contributed by atoms with Crippen LogP contribution in [0.15, 0.2) is 59.1 Å². The fourth-order valence-corrected chi connectivity index (χ4v) is 6.50. The first kappa shape index (κ1) is 25.8. The number of aromatic nitrogens is 2. The number of hydrogen-bond acceptors (Lipinski definition) is 7. The molecule has 1 amide bonds. The molecule has 0 atom stereocenters. The number of piperidine rings is 1. The van der Waals surface area contributed by atoms with Gasteiger partial charge in [0.05, 0.1) is 6.61 Å². The number of amides is 1. The zero-order valence-electron chi connectivity index (χ0n) is 24.1. The summed E-state index contributed by atoms with van der Waals surface area (Å²) in [6.07, 6.45) is 3.04. The van der Waals surface area contributed by atoms with Crippen LogP contribution in [0.3, 0.4) is 0 Å². The predicted octanol–water partition coefficient (Wildman–Crippen LogP) is 5.34. The van der Waals surface area contributed by atoms with E-state index in [1.165, 1.54) is 11.1 Å². The Morgan fingerprint density at radius 1 is 0.976 bits per heavy atom. The number of benzene rings is 3. The lowest BCUT2D eigenvalue weighted by molar-refractivity contribution is 0.0989. The van der Waals surface area contributed by atoms with Crippen molar-refractivity contribution in [1.82, 2.24) is 15.0 Å². The van der Waals surface area contributed by atoms with Crippen LogP contribution < -0.4 is 14.5 Å². The van der Waals surface area contributed by atoms with Crippen molar-refractivity contribution in [2.24, 2.45) is 0 Å². The van der Waals surface area contributed by atoms with E-state index in [4.69, 9.17) is 9.26 Å². The second-order valence-corrected chi connectivity index (χ2v) is 12.0. The van der Waals surface area contributed by atoms with Gasteiger partial charge >= 0.3 is 6.01 Å². The van der Waals surface area contributed by atoms with Crippen molar-refractivity contribution in [2.45, 2.75) is 31.6 Å². The van der Waals surface area contributed by atoms with Crippen LogP contribution >= 0.6 is 0 Å². The molecule has 4 heterocycles. The SMILES string of the molecule is Cc1cc(-c2noc(N(C)C)n2)ccc1-c1ccc(C(=O)N2CCc3cc4c(cc32)C2(CCN(C)CC2)CO4)cc1. The molecular formula is C33H35N5O3. The first-order valence-corrected chi connectivity index (χ1v) is 14.3. The molecular weight excluding hydrogens is 514 g/mol. The van der Waals surface area contributed by atoms with Gasteiger partial charge in [-0.1, -0.05) is 29.4 Å². The molecule has 0 saturated carbocycles. The number of carbonyl (C=O) groups excluding carboxylic acids is 1. The maximum Gasteiger partial charge on any atom is 0.323 e. The molecule has 8 nitrogen and oxygen atoms in total.